The number of aliphatic imine (C=N–C) groups is 1. The zero-order chi connectivity index (χ0) is 16.8. The number of rotatable bonds is 5. The maximum atomic E-state index is 6.00. The number of anilines is 1. The highest BCUT2D eigenvalue weighted by Crippen LogP contribution is 2.18. The molecule has 6 nitrogen and oxygen atoms in total. The van der Waals surface area contributed by atoms with Crippen LogP contribution in [0.15, 0.2) is 23.3 Å². The summed E-state index contributed by atoms with van der Waals surface area (Å²) in [6, 6.07) is 4.13. The van der Waals surface area contributed by atoms with E-state index in [4.69, 9.17) is 10.5 Å². The van der Waals surface area contributed by atoms with Crippen LogP contribution in [-0.4, -0.2) is 54.2 Å². The highest BCUT2D eigenvalue weighted by atomic mass is 127. The summed E-state index contributed by atoms with van der Waals surface area (Å²) in [6.07, 6.45) is 2.36. The molecule has 2 atom stereocenters. The SMILES string of the molecule is CCN(CC)C(N)=NCc1ccc(N2CC(C)OC(C)C2)nc1.I. The molecule has 24 heavy (non-hydrogen) atoms. The van der Waals surface area contributed by atoms with Crippen LogP contribution in [0, 0.1) is 0 Å². The van der Waals surface area contributed by atoms with Crippen molar-refractivity contribution in [2.75, 3.05) is 31.1 Å². The third-order valence-corrected chi connectivity index (χ3v) is 4.06. The van der Waals surface area contributed by atoms with Crippen LogP contribution in [0.3, 0.4) is 0 Å². The second-order valence-corrected chi connectivity index (χ2v) is 6.03. The van der Waals surface area contributed by atoms with Crippen LogP contribution in [0.25, 0.3) is 0 Å². The van der Waals surface area contributed by atoms with E-state index in [9.17, 15) is 0 Å². The molecular weight excluding hydrogens is 417 g/mol. The topological polar surface area (TPSA) is 67.0 Å². The fourth-order valence-corrected chi connectivity index (χ4v) is 2.88. The Morgan fingerprint density at radius 2 is 1.92 bits per heavy atom. The lowest BCUT2D eigenvalue weighted by Crippen LogP contribution is -2.45. The summed E-state index contributed by atoms with van der Waals surface area (Å²) in [5.41, 5.74) is 7.07. The minimum atomic E-state index is 0. The Balaban J connectivity index is 0.00000288. The van der Waals surface area contributed by atoms with Gasteiger partial charge < -0.3 is 20.3 Å². The summed E-state index contributed by atoms with van der Waals surface area (Å²) in [6.45, 7) is 12.4. The first-order chi connectivity index (χ1) is 11.0. The number of pyridine rings is 1. The minimum Gasteiger partial charge on any atom is -0.372 e. The Bertz CT molecular complexity index is 508. The minimum absolute atomic E-state index is 0. The molecule has 1 aliphatic rings. The lowest BCUT2D eigenvalue weighted by atomic mass is 10.2. The van der Waals surface area contributed by atoms with Gasteiger partial charge in [0.1, 0.15) is 5.82 Å². The highest BCUT2D eigenvalue weighted by Gasteiger charge is 2.22. The smallest absolute Gasteiger partial charge is 0.191 e. The van der Waals surface area contributed by atoms with Crippen molar-refractivity contribution in [2.24, 2.45) is 10.7 Å². The second kappa shape index (κ2) is 10.0. The zero-order valence-electron chi connectivity index (χ0n) is 15.1. The van der Waals surface area contributed by atoms with Gasteiger partial charge in [0.25, 0.3) is 0 Å². The molecule has 0 spiro atoms. The molecule has 2 unspecified atom stereocenters. The van der Waals surface area contributed by atoms with Gasteiger partial charge >= 0.3 is 0 Å². The molecule has 0 aliphatic carbocycles. The molecule has 1 aliphatic heterocycles. The van der Waals surface area contributed by atoms with Crippen LogP contribution in [0.4, 0.5) is 5.82 Å². The molecule has 2 heterocycles. The van der Waals surface area contributed by atoms with Crippen LogP contribution in [0.5, 0.6) is 0 Å². The molecule has 0 amide bonds. The first-order valence-corrected chi connectivity index (χ1v) is 8.43. The van der Waals surface area contributed by atoms with E-state index in [2.05, 4.69) is 54.7 Å². The standard InChI is InChI=1S/C17H29N5O.HI/c1-5-21(6-2)17(18)20-10-15-7-8-16(19-9-15)22-11-13(3)23-14(4)12-22;/h7-9,13-14H,5-6,10-12H2,1-4H3,(H2,18,20);1H. The summed E-state index contributed by atoms with van der Waals surface area (Å²) in [5, 5.41) is 0. The van der Waals surface area contributed by atoms with Crippen LogP contribution >= 0.6 is 24.0 Å². The van der Waals surface area contributed by atoms with Crippen molar-refractivity contribution in [2.45, 2.75) is 46.4 Å². The van der Waals surface area contributed by atoms with E-state index < -0.39 is 0 Å². The first-order valence-electron chi connectivity index (χ1n) is 8.43. The predicted octanol–water partition coefficient (Wildman–Crippen LogP) is 2.47. The number of hydrogen-bond acceptors (Lipinski definition) is 4. The molecule has 7 heteroatoms. The van der Waals surface area contributed by atoms with E-state index in [1.54, 1.807) is 0 Å². The molecule has 1 fully saturated rings. The van der Waals surface area contributed by atoms with Gasteiger partial charge in [-0.25, -0.2) is 9.98 Å². The van der Waals surface area contributed by atoms with E-state index in [1.165, 1.54) is 0 Å². The number of ether oxygens (including phenoxy) is 1. The monoisotopic (exact) mass is 447 g/mol. The fraction of sp³-hybridized carbons (Fsp3) is 0.647. The van der Waals surface area contributed by atoms with Gasteiger partial charge in [-0.05, 0) is 39.3 Å². The average molecular weight is 447 g/mol. The molecule has 0 bridgehead atoms. The molecule has 0 aromatic carbocycles. The lowest BCUT2D eigenvalue weighted by molar-refractivity contribution is -0.00545. The normalized spacial score (nSPS) is 21.3. The van der Waals surface area contributed by atoms with Crippen molar-refractivity contribution in [3.05, 3.63) is 23.9 Å². The molecule has 1 aromatic heterocycles. The molecular formula is C17H30IN5O. The molecule has 0 radical (unpaired) electrons. The lowest BCUT2D eigenvalue weighted by Gasteiger charge is -2.36. The summed E-state index contributed by atoms with van der Waals surface area (Å²) >= 11 is 0. The Morgan fingerprint density at radius 3 is 2.42 bits per heavy atom. The van der Waals surface area contributed by atoms with Crippen molar-refractivity contribution in [3.63, 3.8) is 0 Å². The van der Waals surface area contributed by atoms with Crippen LogP contribution in [-0.2, 0) is 11.3 Å². The Kier molecular flexibility index (Phi) is 8.75. The van der Waals surface area contributed by atoms with Gasteiger partial charge in [-0.3, -0.25) is 0 Å². The number of guanidine groups is 1. The molecule has 1 saturated heterocycles. The van der Waals surface area contributed by atoms with Crippen LogP contribution in [0.2, 0.25) is 0 Å². The van der Waals surface area contributed by atoms with Crippen LogP contribution in [0.1, 0.15) is 33.3 Å². The molecule has 2 N–H and O–H groups in total. The third kappa shape index (κ3) is 5.77. The molecule has 2 rings (SSSR count). The summed E-state index contributed by atoms with van der Waals surface area (Å²) in [4.78, 5) is 13.3. The van der Waals surface area contributed by atoms with Crippen molar-refractivity contribution >= 4 is 35.8 Å². The number of nitrogens with zero attached hydrogens (tertiary/aromatic N) is 4. The number of aromatic nitrogens is 1. The second-order valence-electron chi connectivity index (χ2n) is 6.03. The van der Waals surface area contributed by atoms with E-state index >= 15 is 0 Å². The Hall–Kier alpha value is -1.09. The largest absolute Gasteiger partial charge is 0.372 e. The van der Waals surface area contributed by atoms with Gasteiger partial charge in [-0.1, -0.05) is 6.07 Å². The van der Waals surface area contributed by atoms with Crippen molar-refractivity contribution < 1.29 is 4.74 Å². The van der Waals surface area contributed by atoms with Gasteiger partial charge in [-0.15, -0.1) is 24.0 Å². The molecule has 136 valence electrons. The van der Waals surface area contributed by atoms with E-state index in [0.717, 1.165) is 37.6 Å². The summed E-state index contributed by atoms with van der Waals surface area (Å²) < 4.78 is 5.76. The van der Waals surface area contributed by atoms with Gasteiger partial charge in [0.15, 0.2) is 5.96 Å². The average Bonchev–Trinajstić information content (AvgIpc) is 2.53. The third-order valence-electron chi connectivity index (χ3n) is 4.06. The number of halogens is 1. The predicted molar refractivity (Wildman–Crippen MR) is 110 cm³/mol. The zero-order valence-corrected chi connectivity index (χ0v) is 17.4. The van der Waals surface area contributed by atoms with Gasteiger partial charge in [-0.2, -0.15) is 0 Å². The maximum absolute atomic E-state index is 6.00. The van der Waals surface area contributed by atoms with E-state index in [-0.39, 0.29) is 36.2 Å². The number of morpholine rings is 1. The number of hydrogen-bond donors (Lipinski definition) is 1. The van der Waals surface area contributed by atoms with Gasteiger partial charge in [0, 0.05) is 32.4 Å². The molecule has 0 saturated carbocycles. The van der Waals surface area contributed by atoms with Crippen molar-refractivity contribution in [3.8, 4) is 0 Å². The number of nitrogens with two attached hydrogens (primary N) is 1. The fourth-order valence-electron chi connectivity index (χ4n) is 2.88. The van der Waals surface area contributed by atoms with E-state index in [0.29, 0.717) is 12.5 Å². The summed E-state index contributed by atoms with van der Waals surface area (Å²) in [5.74, 6) is 1.59. The maximum Gasteiger partial charge on any atom is 0.191 e. The molecule has 1 aromatic rings. The van der Waals surface area contributed by atoms with Crippen LogP contribution < -0.4 is 10.6 Å². The Morgan fingerprint density at radius 1 is 1.29 bits per heavy atom. The quantitative estimate of drug-likeness (QED) is 0.427. The first kappa shape index (κ1) is 21.0. The Labute approximate surface area is 162 Å². The van der Waals surface area contributed by atoms with E-state index in [1.807, 2.05) is 11.1 Å². The van der Waals surface area contributed by atoms with Gasteiger partial charge in [0.05, 0.1) is 18.8 Å². The van der Waals surface area contributed by atoms with Gasteiger partial charge in [0.2, 0.25) is 0 Å². The summed E-state index contributed by atoms with van der Waals surface area (Å²) in [7, 11) is 0. The van der Waals surface area contributed by atoms with Crippen molar-refractivity contribution in [1.29, 1.82) is 0 Å². The highest BCUT2D eigenvalue weighted by molar-refractivity contribution is 14.0. The van der Waals surface area contributed by atoms with Crippen molar-refractivity contribution in [1.82, 2.24) is 9.88 Å².